The Morgan fingerprint density at radius 3 is 2.37 bits per heavy atom. The first-order chi connectivity index (χ1) is 18.6. The van der Waals surface area contributed by atoms with Crippen LogP contribution in [-0.4, -0.2) is 49.0 Å². The van der Waals surface area contributed by atoms with Gasteiger partial charge in [-0.3, -0.25) is 4.90 Å². The highest BCUT2D eigenvalue weighted by Gasteiger charge is 2.38. The molecule has 3 aromatic carbocycles. The molecule has 6 rings (SSSR count). The normalized spacial score (nSPS) is 23.5. The van der Waals surface area contributed by atoms with Gasteiger partial charge in [-0.15, -0.1) is 0 Å². The molecule has 0 saturated carbocycles. The first kappa shape index (κ1) is 25.2. The molecule has 0 aromatic heterocycles. The molecular formula is C34H40N2O2. The van der Waals surface area contributed by atoms with Crippen LogP contribution in [0.2, 0.25) is 0 Å². The van der Waals surface area contributed by atoms with E-state index in [0.29, 0.717) is 29.5 Å². The van der Waals surface area contributed by atoms with Crippen LogP contribution in [0.1, 0.15) is 72.6 Å². The fraction of sp³-hybridized carbons (Fsp3) is 0.441. The third-order valence-electron chi connectivity index (χ3n) is 9.55. The van der Waals surface area contributed by atoms with Gasteiger partial charge in [0.2, 0.25) is 0 Å². The Kier molecular flexibility index (Phi) is 7.25. The number of carbonyl (C=O) groups excluding carboxylic acids is 1. The smallest absolute Gasteiger partial charge is 0.133 e. The molecule has 1 aliphatic carbocycles. The number of anilines is 1. The summed E-state index contributed by atoms with van der Waals surface area (Å²) in [5.74, 6) is 1.09. The molecular weight excluding hydrogens is 468 g/mol. The lowest BCUT2D eigenvalue weighted by Crippen LogP contribution is -2.34. The number of carbonyl (C=O) groups is 1. The van der Waals surface area contributed by atoms with E-state index in [1.165, 1.54) is 60.0 Å². The standard InChI is InChI=1S/C34H40N2O2/c37-23-22-35-21-18-34(25-35)16-4-19-36(20-5-17-34)29-11-8-27(9-12-29)33-31(26-6-2-1-3-7-26)14-10-28-24-30(38)13-15-32(28)33/h1-3,6-9,11-13,15,23-24,31,33,38H,4-5,10,14,16-22,25H2/t31?,33-/m1/s1. The summed E-state index contributed by atoms with van der Waals surface area (Å²) in [6.07, 6.45) is 9.36. The number of likely N-dealkylation sites (tertiary alicyclic amines) is 1. The third kappa shape index (κ3) is 5.11. The van der Waals surface area contributed by atoms with Gasteiger partial charge in [0.25, 0.3) is 0 Å². The molecule has 3 aromatic rings. The molecule has 198 valence electrons. The Hall–Kier alpha value is -3.11. The summed E-state index contributed by atoms with van der Waals surface area (Å²) in [4.78, 5) is 15.9. The van der Waals surface area contributed by atoms with Gasteiger partial charge < -0.3 is 14.8 Å². The number of benzene rings is 3. The van der Waals surface area contributed by atoms with Crippen molar-refractivity contribution in [3.63, 3.8) is 0 Å². The summed E-state index contributed by atoms with van der Waals surface area (Å²) < 4.78 is 0. The average Bonchev–Trinajstić information content (AvgIpc) is 3.34. The van der Waals surface area contributed by atoms with Crippen LogP contribution < -0.4 is 4.90 Å². The molecule has 1 unspecified atom stereocenters. The topological polar surface area (TPSA) is 43.8 Å². The molecule has 1 N–H and O–H groups in total. The fourth-order valence-corrected chi connectivity index (χ4v) is 7.65. The molecule has 4 nitrogen and oxygen atoms in total. The highest BCUT2D eigenvalue weighted by Crippen LogP contribution is 2.47. The van der Waals surface area contributed by atoms with Crippen molar-refractivity contribution in [2.75, 3.05) is 37.6 Å². The number of hydrogen-bond donors (Lipinski definition) is 1. The van der Waals surface area contributed by atoms with E-state index in [9.17, 15) is 9.90 Å². The predicted octanol–water partition coefficient (Wildman–Crippen LogP) is 6.53. The predicted molar refractivity (Wildman–Crippen MR) is 154 cm³/mol. The van der Waals surface area contributed by atoms with E-state index >= 15 is 0 Å². The van der Waals surface area contributed by atoms with Gasteiger partial charge in [-0.1, -0.05) is 48.5 Å². The zero-order valence-electron chi connectivity index (χ0n) is 22.4. The lowest BCUT2D eigenvalue weighted by atomic mass is 9.69. The summed E-state index contributed by atoms with van der Waals surface area (Å²) in [6, 6.07) is 26.3. The zero-order chi connectivity index (χ0) is 26.0. The molecule has 0 bridgehead atoms. The second-order valence-electron chi connectivity index (χ2n) is 11.9. The number of phenols is 1. The van der Waals surface area contributed by atoms with Crippen LogP contribution in [-0.2, 0) is 11.2 Å². The average molecular weight is 509 g/mol. The second kappa shape index (κ2) is 10.9. The van der Waals surface area contributed by atoms with Crippen molar-refractivity contribution in [1.29, 1.82) is 0 Å². The van der Waals surface area contributed by atoms with Crippen LogP contribution in [0.25, 0.3) is 0 Å². The number of nitrogens with zero attached hydrogens (tertiary/aromatic N) is 2. The van der Waals surface area contributed by atoms with E-state index in [1.54, 1.807) is 0 Å². The van der Waals surface area contributed by atoms with Crippen molar-refractivity contribution in [3.8, 4) is 5.75 Å². The first-order valence-electron chi connectivity index (χ1n) is 14.5. The fourth-order valence-electron chi connectivity index (χ4n) is 7.65. The van der Waals surface area contributed by atoms with E-state index in [1.807, 2.05) is 12.1 Å². The summed E-state index contributed by atoms with van der Waals surface area (Å²) in [7, 11) is 0. The van der Waals surface area contributed by atoms with Crippen molar-refractivity contribution in [3.05, 3.63) is 95.1 Å². The van der Waals surface area contributed by atoms with Crippen LogP contribution in [0.3, 0.4) is 0 Å². The lowest BCUT2D eigenvalue weighted by molar-refractivity contribution is -0.108. The summed E-state index contributed by atoms with van der Waals surface area (Å²) in [6.45, 7) is 4.99. The summed E-state index contributed by atoms with van der Waals surface area (Å²) in [5, 5.41) is 10.1. The number of aryl methyl sites for hydroxylation is 1. The number of hydrogen-bond acceptors (Lipinski definition) is 4. The van der Waals surface area contributed by atoms with E-state index in [0.717, 1.165) is 45.3 Å². The maximum atomic E-state index is 11.0. The van der Waals surface area contributed by atoms with Crippen LogP contribution in [0.5, 0.6) is 5.75 Å². The van der Waals surface area contributed by atoms with E-state index in [2.05, 4.69) is 70.5 Å². The number of fused-ring (bicyclic) bond motifs is 1. The van der Waals surface area contributed by atoms with Gasteiger partial charge in [0, 0.05) is 31.2 Å². The summed E-state index contributed by atoms with van der Waals surface area (Å²) in [5.41, 5.74) is 7.15. The van der Waals surface area contributed by atoms with Gasteiger partial charge in [-0.2, -0.15) is 0 Å². The minimum atomic E-state index is 0.291. The van der Waals surface area contributed by atoms with E-state index in [-0.39, 0.29) is 0 Å². The van der Waals surface area contributed by atoms with Crippen molar-refractivity contribution < 1.29 is 9.90 Å². The Labute approximate surface area is 227 Å². The van der Waals surface area contributed by atoms with E-state index in [4.69, 9.17) is 0 Å². The number of aromatic hydroxyl groups is 1. The molecule has 38 heavy (non-hydrogen) atoms. The molecule has 2 atom stereocenters. The van der Waals surface area contributed by atoms with Gasteiger partial charge in [0.15, 0.2) is 0 Å². The van der Waals surface area contributed by atoms with Crippen LogP contribution in [0.4, 0.5) is 5.69 Å². The molecule has 2 aliphatic heterocycles. The Morgan fingerprint density at radius 2 is 1.63 bits per heavy atom. The van der Waals surface area contributed by atoms with Crippen molar-refractivity contribution in [2.24, 2.45) is 5.41 Å². The highest BCUT2D eigenvalue weighted by molar-refractivity contribution is 5.53. The Balaban J connectivity index is 1.20. The van der Waals surface area contributed by atoms with E-state index < -0.39 is 0 Å². The first-order valence-corrected chi connectivity index (χ1v) is 14.5. The second-order valence-corrected chi connectivity index (χ2v) is 11.9. The van der Waals surface area contributed by atoms with Crippen molar-refractivity contribution >= 4 is 12.0 Å². The van der Waals surface area contributed by atoms with Crippen molar-refractivity contribution in [2.45, 2.75) is 56.8 Å². The summed E-state index contributed by atoms with van der Waals surface area (Å²) >= 11 is 0. The number of phenolic OH excluding ortho intramolecular Hbond substituents is 1. The molecule has 2 heterocycles. The largest absolute Gasteiger partial charge is 0.508 e. The van der Waals surface area contributed by atoms with Crippen LogP contribution >= 0.6 is 0 Å². The molecule has 3 aliphatic rings. The SMILES string of the molecule is O=CCN1CCC2(CCCN(c3ccc([C@H]4c5ccc(O)cc5CCC4c4ccccc4)cc3)CCC2)C1. The molecule has 4 heteroatoms. The molecule has 2 saturated heterocycles. The quantitative estimate of drug-likeness (QED) is 0.398. The third-order valence-corrected chi connectivity index (χ3v) is 9.55. The minimum absolute atomic E-state index is 0.291. The van der Waals surface area contributed by atoms with Gasteiger partial charge >= 0.3 is 0 Å². The Bertz CT molecular complexity index is 1230. The van der Waals surface area contributed by atoms with Crippen LogP contribution in [0, 0.1) is 5.41 Å². The zero-order valence-corrected chi connectivity index (χ0v) is 22.4. The van der Waals surface area contributed by atoms with Crippen molar-refractivity contribution in [1.82, 2.24) is 4.90 Å². The monoisotopic (exact) mass is 508 g/mol. The van der Waals surface area contributed by atoms with Gasteiger partial charge in [0.1, 0.15) is 12.0 Å². The highest BCUT2D eigenvalue weighted by atomic mass is 16.3. The Morgan fingerprint density at radius 1 is 0.868 bits per heavy atom. The minimum Gasteiger partial charge on any atom is -0.508 e. The molecule has 0 radical (unpaired) electrons. The van der Waals surface area contributed by atoms with Gasteiger partial charge in [-0.25, -0.2) is 0 Å². The molecule has 0 amide bonds. The maximum Gasteiger partial charge on any atom is 0.133 e. The maximum absolute atomic E-state index is 11.0. The number of aldehydes is 1. The molecule has 1 spiro atoms. The molecule has 2 fully saturated rings. The lowest BCUT2D eigenvalue weighted by Gasteiger charge is -2.36. The number of rotatable bonds is 5. The van der Waals surface area contributed by atoms with Gasteiger partial charge in [0.05, 0.1) is 6.54 Å². The van der Waals surface area contributed by atoms with Crippen LogP contribution in [0.15, 0.2) is 72.8 Å². The van der Waals surface area contributed by atoms with Gasteiger partial charge in [-0.05, 0) is 109 Å².